The van der Waals surface area contributed by atoms with Gasteiger partial charge in [0, 0.05) is 11.6 Å². The zero-order chi connectivity index (χ0) is 13.4. The van der Waals surface area contributed by atoms with Crippen molar-refractivity contribution in [2.75, 3.05) is 0 Å². The largest absolute Gasteiger partial charge is 0.476 e. The van der Waals surface area contributed by atoms with Crippen LogP contribution in [0.1, 0.15) is 10.5 Å². The van der Waals surface area contributed by atoms with E-state index in [1.165, 1.54) is 24.4 Å². The van der Waals surface area contributed by atoms with Gasteiger partial charge < -0.3 is 9.52 Å². The number of rotatable bonds is 2. The normalized spacial score (nSPS) is 10.8. The van der Waals surface area contributed by atoms with Gasteiger partial charge in [-0.15, -0.1) is 0 Å². The molecule has 4 nitrogen and oxygen atoms in total. The molecule has 1 N–H and O–H groups in total. The van der Waals surface area contributed by atoms with E-state index in [4.69, 9.17) is 9.52 Å². The minimum Gasteiger partial charge on any atom is -0.476 e. The smallest absolute Gasteiger partial charge is 0.355 e. The van der Waals surface area contributed by atoms with Gasteiger partial charge >= 0.3 is 5.97 Å². The molecule has 19 heavy (non-hydrogen) atoms. The molecule has 5 heteroatoms. The third-order valence-corrected chi connectivity index (χ3v) is 2.75. The first-order valence-electron chi connectivity index (χ1n) is 5.53. The number of hydrogen-bond donors (Lipinski definition) is 1. The summed E-state index contributed by atoms with van der Waals surface area (Å²) in [7, 11) is 0. The molecule has 3 rings (SSSR count). The molecule has 0 aliphatic carbocycles. The number of benzene rings is 1. The van der Waals surface area contributed by atoms with Crippen LogP contribution in [-0.2, 0) is 0 Å². The highest BCUT2D eigenvalue weighted by Crippen LogP contribution is 2.29. The first kappa shape index (κ1) is 11.4. The van der Waals surface area contributed by atoms with E-state index in [1.54, 1.807) is 18.2 Å². The molecule has 3 aromatic rings. The van der Waals surface area contributed by atoms with Crippen molar-refractivity contribution in [3.63, 3.8) is 0 Å². The Morgan fingerprint density at radius 2 is 2.11 bits per heavy atom. The molecule has 1 aromatic carbocycles. The van der Waals surface area contributed by atoms with Gasteiger partial charge in [0.25, 0.3) is 0 Å². The van der Waals surface area contributed by atoms with Crippen LogP contribution in [0.25, 0.3) is 22.3 Å². The van der Waals surface area contributed by atoms with Gasteiger partial charge in [0.2, 0.25) is 0 Å². The number of furan rings is 1. The van der Waals surface area contributed by atoms with E-state index in [0.717, 1.165) is 0 Å². The Balaban J connectivity index is 2.22. The number of aromatic nitrogens is 1. The van der Waals surface area contributed by atoms with Crippen LogP contribution >= 0.6 is 0 Å². The first-order chi connectivity index (χ1) is 9.15. The second-order valence-electron chi connectivity index (χ2n) is 4.00. The lowest BCUT2D eigenvalue weighted by Crippen LogP contribution is -2.01. The third-order valence-electron chi connectivity index (χ3n) is 2.75. The Morgan fingerprint density at radius 3 is 2.89 bits per heavy atom. The molecule has 2 heterocycles. The average Bonchev–Trinajstić information content (AvgIpc) is 2.81. The van der Waals surface area contributed by atoms with Crippen molar-refractivity contribution in [3.8, 4) is 11.3 Å². The van der Waals surface area contributed by atoms with Crippen LogP contribution in [-0.4, -0.2) is 16.1 Å². The summed E-state index contributed by atoms with van der Waals surface area (Å²) in [5.41, 5.74) is 0.769. The van der Waals surface area contributed by atoms with Gasteiger partial charge in [-0.25, -0.2) is 14.2 Å². The van der Waals surface area contributed by atoms with Crippen molar-refractivity contribution in [1.29, 1.82) is 0 Å². The number of carbonyl (C=O) groups is 1. The molecular formula is C14H8FNO3. The molecule has 0 amide bonds. The number of carboxylic acid groups (broad SMARTS) is 1. The van der Waals surface area contributed by atoms with E-state index in [1.807, 2.05) is 0 Å². The summed E-state index contributed by atoms with van der Waals surface area (Å²) in [6.45, 7) is 0. The van der Waals surface area contributed by atoms with Gasteiger partial charge in [-0.3, -0.25) is 0 Å². The zero-order valence-electron chi connectivity index (χ0n) is 9.63. The molecule has 0 radical (unpaired) electrons. The molecule has 0 bridgehead atoms. The van der Waals surface area contributed by atoms with Crippen molar-refractivity contribution in [1.82, 2.24) is 4.98 Å². The van der Waals surface area contributed by atoms with Crippen molar-refractivity contribution in [2.24, 2.45) is 0 Å². The number of pyridine rings is 1. The molecule has 0 spiro atoms. The lowest BCUT2D eigenvalue weighted by Gasteiger charge is -2.00. The molecule has 0 saturated heterocycles. The van der Waals surface area contributed by atoms with Crippen LogP contribution in [0.3, 0.4) is 0 Å². The maximum atomic E-state index is 13.1. The second kappa shape index (κ2) is 4.20. The highest BCUT2D eigenvalue weighted by Gasteiger charge is 2.16. The summed E-state index contributed by atoms with van der Waals surface area (Å²) < 4.78 is 18.6. The molecule has 0 saturated carbocycles. The van der Waals surface area contributed by atoms with Gasteiger partial charge in [-0.05, 0) is 36.4 Å². The van der Waals surface area contributed by atoms with Crippen molar-refractivity contribution >= 4 is 16.9 Å². The van der Waals surface area contributed by atoms with Crippen LogP contribution in [0.5, 0.6) is 0 Å². The second-order valence-corrected chi connectivity index (χ2v) is 4.00. The molecule has 0 fully saturated rings. The fraction of sp³-hybridized carbons (Fsp3) is 0. The average molecular weight is 257 g/mol. The Morgan fingerprint density at radius 1 is 1.26 bits per heavy atom. The molecule has 0 unspecified atom stereocenters. The number of fused-ring (bicyclic) bond motifs is 1. The van der Waals surface area contributed by atoms with Crippen LogP contribution in [0, 0.1) is 5.82 Å². The van der Waals surface area contributed by atoms with Gasteiger partial charge in [0.1, 0.15) is 17.2 Å². The van der Waals surface area contributed by atoms with Crippen molar-refractivity contribution < 1.29 is 18.7 Å². The predicted molar refractivity (Wildman–Crippen MR) is 66.4 cm³/mol. The number of aromatic carboxylic acids is 1. The van der Waals surface area contributed by atoms with Crippen LogP contribution in [0.4, 0.5) is 4.39 Å². The van der Waals surface area contributed by atoms with Gasteiger partial charge in [0.05, 0.1) is 5.56 Å². The third kappa shape index (κ3) is 1.95. The summed E-state index contributed by atoms with van der Waals surface area (Å²) in [6, 6.07) is 8.95. The summed E-state index contributed by atoms with van der Waals surface area (Å²) in [4.78, 5) is 14.9. The van der Waals surface area contributed by atoms with E-state index >= 15 is 0 Å². The van der Waals surface area contributed by atoms with Crippen molar-refractivity contribution in [3.05, 3.63) is 54.1 Å². The Kier molecular flexibility index (Phi) is 2.52. The predicted octanol–water partition coefficient (Wildman–Crippen LogP) is 3.33. The minimum absolute atomic E-state index is 0.0953. The topological polar surface area (TPSA) is 63.3 Å². The molecular weight excluding hydrogens is 249 g/mol. The maximum absolute atomic E-state index is 13.1. The number of nitrogens with zero attached hydrogens (tertiary/aromatic N) is 1. The number of carboxylic acids is 1. The standard InChI is InChI=1S/C14H8FNO3/c15-9-3-4-11-8(6-9)7-12(19-11)10-2-1-5-16-13(10)14(17)18/h1-7H,(H,17,18). The van der Waals surface area contributed by atoms with Crippen molar-refractivity contribution in [2.45, 2.75) is 0 Å². The number of hydrogen-bond acceptors (Lipinski definition) is 3. The molecule has 94 valence electrons. The zero-order valence-corrected chi connectivity index (χ0v) is 9.63. The van der Waals surface area contributed by atoms with Gasteiger partial charge in [0.15, 0.2) is 5.69 Å². The first-order valence-corrected chi connectivity index (χ1v) is 5.53. The van der Waals surface area contributed by atoms with E-state index in [9.17, 15) is 9.18 Å². The Hall–Kier alpha value is -2.69. The lowest BCUT2D eigenvalue weighted by atomic mass is 10.1. The quantitative estimate of drug-likeness (QED) is 0.764. The van der Waals surface area contributed by atoms with E-state index < -0.39 is 5.97 Å². The Bertz CT molecular complexity index is 779. The van der Waals surface area contributed by atoms with E-state index in [-0.39, 0.29) is 11.5 Å². The summed E-state index contributed by atoms with van der Waals surface area (Å²) in [5.74, 6) is -1.15. The molecule has 0 aliphatic rings. The summed E-state index contributed by atoms with van der Waals surface area (Å²) in [5, 5.41) is 9.66. The fourth-order valence-corrected chi connectivity index (χ4v) is 1.92. The van der Waals surface area contributed by atoms with Gasteiger partial charge in [-0.2, -0.15) is 0 Å². The number of halogens is 1. The lowest BCUT2D eigenvalue weighted by molar-refractivity contribution is 0.0691. The highest BCUT2D eigenvalue weighted by molar-refractivity contribution is 5.94. The summed E-state index contributed by atoms with van der Waals surface area (Å²) in [6.07, 6.45) is 1.40. The van der Waals surface area contributed by atoms with E-state index in [2.05, 4.69) is 4.98 Å². The fourth-order valence-electron chi connectivity index (χ4n) is 1.92. The van der Waals surface area contributed by atoms with Crippen LogP contribution in [0.15, 0.2) is 47.0 Å². The monoisotopic (exact) mass is 257 g/mol. The van der Waals surface area contributed by atoms with Gasteiger partial charge in [-0.1, -0.05) is 0 Å². The van der Waals surface area contributed by atoms with Crippen LogP contribution in [0.2, 0.25) is 0 Å². The summed E-state index contributed by atoms with van der Waals surface area (Å²) >= 11 is 0. The molecule has 0 atom stereocenters. The minimum atomic E-state index is -1.14. The maximum Gasteiger partial charge on any atom is 0.355 e. The molecule has 2 aromatic heterocycles. The SMILES string of the molecule is O=C(O)c1ncccc1-c1cc2cc(F)ccc2o1. The highest BCUT2D eigenvalue weighted by atomic mass is 19.1. The molecule has 0 aliphatic heterocycles. The van der Waals surface area contributed by atoms with Crippen LogP contribution < -0.4 is 0 Å². The van der Waals surface area contributed by atoms with E-state index in [0.29, 0.717) is 22.3 Å². The Labute approximate surface area is 107 Å².